The molecule has 0 saturated carbocycles. The molecule has 0 spiro atoms. The number of likely N-dealkylation sites (tertiary alicyclic amines) is 1. The molecule has 198 valence electrons. The zero-order valence-electron chi connectivity index (χ0n) is 22.3. The Hall–Kier alpha value is -3.02. The molecule has 2 nitrogen and oxygen atoms in total. The van der Waals surface area contributed by atoms with Crippen LogP contribution in [0.5, 0.6) is 0 Å². The average Bonchev–Trinajstić information content (AvgIpc) is 3.27. The van der Waals surface area contributed by atoms with Crippen LogP contribution in [0.4, 0.5) is 14.5 Å². The van der Waals surface area contributed by atoms with Crippen molar-refractivity contribution in [2.45, 2.75) is 45.0 Å². The van der Waals surface area contributed by atoms with E-state index in [2.05, 4.69) is 59.3 Å². The van der Waals surface area contributed by atoms with Crippen molar-refractivity contribution in [2.24, 2.45) is 0 Å². The molecule has 5 rings (SSSR count). The smallest absolute Gasteiger partial charge is 0.270 e. The summed E-state index contributed by atoms with van der Waals surface area (Å²) in [6, 6.07) is 21.9. The Bertz CT molecular complexity index is 1390. The molecular weight excluding hydrogens is 494 g/mol. The van der Waals surface area contributed by atoms with Crippen LogP contribution in [0.2, 0.25) is 0 Å². The van der Waals surface area contributed by atoms with Crippen molar-refractivity contribution in [3.8, 4) is 11.1 Å². The zero-order valence-corrected chi connectivity index (χ0v) is 23.1. The molecular formula is C33H36F2N2S. The van der Waals surface area contributed by atoms with Crippen LogP contribution >= 0.6 is 11.3 Å². The first-order valence-corrected chi connectivity index (χ1v) is 14.4. The molecule has 38 heavy (non-hydrogen) atoms. The molecule has 0 aliphatic carbocycles. The normalized spacial score (nSPS) is 14.0. The highest BCUT2D eigenvalue weighted by Crippen LogP contribution is 2.44. The van der Waals surface area contributed by atoms with Gasteiger partial charge in [-0.25, -0.2) is 8.78 Å². The van der Waals surface area contributed by atoms with Gasteiger partial charge in [-0.05, 0) is 79.7 Å². The third-order valence-corrected chi connectivity index (χ3v) is 8.84. The first-order chi connectivity index (χ1) is 18.3. The molecule has 0 amide bonds. The maximum absolute atomic E-state index is 13.8. The van der Waals surface area contributed by atoms with Gasteiger partial charge in [0.05, 0.1) is 0 Å². The predicted octanol–water partition coefficient (Wildman–Crippen LogP) is 9.20. The van der Waals surface area contributed by atoms with Gasteiger partial charge in [-0.1, -0.05) is 67.6 Å². The maximum atomic E-state index is 13.8. The van der Waals surface area contributed by atoms with Gasteiger partial charge < -0.3 is 10.2 Å². The quantitative estimate of drug-likeness (QED) is 0.194. The SMILES string of the molecule is C=C(c1ccc(C(C)(F)F)cc1)c1sc2cc(NC)ccc2c1-c1ccc(CCCCCN2CCC2)cc1. The summed E-state index contributed by atoms with van der Waals surface area (Å²) < 4.78 is 28.7. The lowest BCUT2D eigenvalue weighted by molar-refractivity contribution is 0.0175. The Balaban J connectivity index is 1.40. The second kappa shape index (κ2) is 11.4. The van der Waals surface area contributed by atoms with Crippen molar-refractivity contribution in [3.63, 3.8) is 0 Å². The summed E-state index contributed by atoms with van der Waals surface area (Å²) in [5, 5.41) is 4.41. The van der Waals surface area contributed by atoms with Crippen molar-refractivity contribution in [1.29, 1.82) is 0 Å². The van der Waals surface area contributed by atoms with Crippen molar-refractivity contribution >= 4 is 32.7 Å². The number of nitrogens with one attached hydrogen (secondary N) is 1. The minimum atomic E-state index is -2.86. The van der Waals surface area contributed by atoms with Crippen LogP contribution in [-0.2, 0) is 12.3 Å². The van der Waals surface area contributed by atoms with Gasteiger partial charge in [0, 0.05) is 45.7 Å². The van der Waals surface area contributed by atoms with E-state index in [1.807, 2.05) is 7.05 Å². The van der Waals surface area contributed by atoms with E-state index in [4.69, 9.17) is 0 Å². The molecule has 0 atom stereocenters. The number of alkyl halides is 2. The predicted molar refractivity (Wildman–Crippen MR) is 160 cm³/mol. The summed E-state index contributed by atoms with van der Waals surface area (Å²) in [4.78, 5) is 3.61. The summed E-state index contributed by atoms with van der Waals surface area (Å²) in [6.45, 7) is 9.15. The average molecular weight is 531 g/mol. The fourth-order valence-corrected chi connectivity index (χ4v) is 6.39. The highest BCUT2D eigenvalue weighted by atomic mass is 32.1. The van der Waals surface area contributed by atoms with E-state index in [0.29, 0.717) is 0 Å². The number of anilines is 1. The molecule has 0 radical (unpaired) electrons. The Kier molecular flexibility index (Phi) is 7.96. The van der Waals surface area contributed by atoms with Gasteiger partial charge in [-0.15, -0.1) is 11.3 Å². The van der Waals surface area contributed by atoms with E-state index in [-0.39, 0.29) is 5.56 Å². The van der Waals surface area contributed by atoms with E-state index in [1.54, 1.807) is 23.5 Å². The van der Waals surface area contributed by atoms with E-state index in [9.17, 15) is 8.78 Å². The molecule has 0 bridgehead atoms. The molecule has 1 N–H and O–H groups in total. The molecule has 4 aromatic rings. The topological polar surface area (TPSA) is 15.3 Å². The zero-order chi connectivity index (χ0) is 26.7. The van der Waals surface area contributed by atoms with E-state index >= 15 is 0 Å². The summed E-state index contributed by atoms with van der Waals surface area (Å²) in [6.07, 6.45) is 6.24. The van der Waals surface area contributed by atoms with Crippen LogP contribution in [0.3, 0.4) is 0 Å². The molecule has 1 fully saturated rings. The Morgan fingerprint density at radius 2 is 1.71 bits per heavy atom. The van der Waals surface area contributed by atoms with Gasteiger partial charge in [-0.2, -0.15) is 0 Å². The third kappa shape index (κ3) is 5.84. The molecule has 2 heterocycles. The second-order valence-corrected chi connectivity index (χ2v) is 11.5. The van der Waals surface area contributed by atoms with Crippen molar-refractivity contribution in [3.05, 3.63) is 94.9 Å². The lowest BCUT2D eigenvalue weighted by Gasteiger charge is -2.30. The summed E-state index contributed by atoms with van der Waals surface area (Å²) in [5.41, 5.74) is 6.46. The number of fused-ring (bicyclic) bond motifs is 1. The van der Waals surface area contributed by atoms with Gasteiger partial charge in [0.15, 0.2) is 0 Å². The van der Waals surface area contributed by atoms with Crippen LogP contribution in [0.1, 0.15) is 54.2 Å². The van der Waals surface area contributed by atoms with Crippen molar-refractivity contribution < 1.29 is 8.78 Å². The number of rotatable bonds is 11. The number of halogens is 2. The fraction of sp³-hybridized carbons (Fsp3) is 0.333. The number of aryl methyl sites for hydroxylation is 1. The number of unbranched alkanes of at least 4 members (excludes halogenated alkanes) is 2. The number of nitrogens with zero attached hydrogens (tertiary/aromatic N) is 1. The first-order valence-electron chi connectivity index (χ1n) is 13.6. The van der Waals surface area contributed by atoms with Gasteiger partial charge in [0.1, 0.15) is 0 Å². The van der Waals surface area contributed by atoms with Gasteiger partial charge >= 0.3 is 0 Å². The lowest BCUT2D eigenvalue weighted by Crippen LogP contribution is -2.37. The summed E-state index contributed by atoms with van der Waals surface area (Å²) in [5.74, 6) is -2.86. The lowest BCUT2D eigenvalue weighted by atomic mass is 9.94. The van der Waals surface area contributed by atoms with Gasteiger partial charge in [0.2, 0.25) is 0 Å². The van der Waals surface area contributed by atoms with Gasteiger partial charge in [-0.3, -0.25) is 0 Å². The van der Waals surface area contributed by atoms with Crippen LogP contribution in [0.25, 0.3) is 26.8 Å². The summed E-state index contributed by atoms with van der Waals surface area (Å²) in [7, 11) is 1.92. The van der Waals surface area contributed by atoms with Crippen LogP contribution in [0, 0.1) is 0 Å². The largest absolute Gasteiger partial charge is 0.388 e. The Labute approximate surface area is 229 Å². The fourth-order valence-electron chi connectivity index (χ4n) is 5.13. The minimum Gasteiger partial charge on any atom is -0.388 e. The Morgan fingerprint density at radius 3 is 2.34 bits per heavy atom. The van der Waals surface area contributed by atoms with Crippen LogP contribution in [-0.4, -0.2) is 31.6 Å². The highest BCUT2D eigenvalue weighted by Gasteiger charge is 2.24. The highest BCUT2D eigenvalue weighted by molar-refractivity contribution is 7.20. The molecule has 0 unspecified atom stereocenters. The number of thiophene rings is 1. The second-order valence-electron chi connectivity index (χ2n) is 10.4. The number of benzene rings is 3. The van der Waals surface area contributed by atoms with Gasteiger partial charge in [0.25, 0.3) is 5.92 Å². The van der Waals surface area contributed by atoms with Crippen molar-refractivity contribution in [1.82, 2.24) is 4.90 Å². The third-order valence-electron chi connectivity index (χ3n) is 7.62. The molecule has 1 aromatic heterocycles. The molecule has 3 aromatic carbocycles. The molecule has 5 heteroatoms. The minimum absolute atomic E-state index is 0.0143. The van der Waals surface area contributed by atoms with E-state index in [0.717, 1.165) is 46.2 Å². The van der Waals surface area contributed by atoms with Crippen LogP contribution in [0.15, 0.2) is 73.3 Å². The first kappa shape index (κ1) is 26.6. The molecule has 1 aliphatic heterocycles. The Morgan fingerprint density at radius 1 is 0.974 bits per heavy atom. The number of hydrogen-bond acceptors (Lipinski definition) is 3. The monoisotopic (exact) mass is 530 g/mol. The van der Waals surface area contributed by atoms with Crippen molar-refractivity contribution in [2.75, 3.05) is 32.0 Å². The van der Waals surface area contributed by atoms with E-state index in [1.165, 1.54) is 73.1 Å². The molecule has 1 aliphatic rings. The standard InChI is InChI=1S/C33H36F2N2S/c1-23(25-13-15-27(16-14-25)33(2,34)35)32-31(29-18-17-28(36-3)22-30(29)38-32)26-11-9-24(10-12-26)8-5-4-6-19-37-20-7-21-37/h9-18,22,36H,1,4-8,19-21H2,2-3H3. The maximum Gasteiger partial charge on any atom is 0.270 e. The van der Waals surface area contributed by atoms with Crippen LogP contribution < -0.4 is 5.32 Å². The number of hydrogen-bond donors (Lipinski definition) is 1. The summed E-state index contributed by atoms with van der Waals surface area (Å²) >= 11 is 1.70. The molecule has 1 saturated heterocycles. The van der Waals surface area contributed by atoms with E-state index < -0.39 is 5.92 Å².